The molecule has 0 heterocycles. The highest BCUT2D eigenvalue weighted by atomic mass is 16.7. The Morgan fingerprint density at radius 3 is 1.29 bits per heavy atom. The van der Waals surface area contributed by atoms with E-state index in [0.717, 1.165) is 5.69 Å². The molecule has 0 bridgehead atoms. The fraction of sp³-hybridized carbons (Fsp3) is 0.381. The monoisotopic (exact) mass is 605 g/mol. The topological polar surface area (TPSA) is 363 Å². The zero-order chi connectivity index (χ0) is 32.4. The van der Waals surface area contributed by atoms with Gasteiger partial charge in [-0.25, -0.2) is 28.8 Å². The number of anilines is 1. The van der Waals surface area contributed by atoms with Gasteiger partial charge in [0.25, 0.3) is 0 Å². The Kier molecular flexibility index (Phi) is 15.8. The van der Waals surface area contributed by atoms with Crippen molar-refractivity contribution in [3.63, 3.8) is 0 Å². The first-order valence-electron chi connectivity index (χ1n) is 11.3. The van der Waals surface area contributed by atoms with Crippen LogP contribution in [0.2, 0.25) is 0 Å². The highest BCUT2D eigenvalue weighted by Crippen LogP contribution is 2.20. The van der Waals surface area contributed by atoms with E-state index in [1.54, 1.807) is 6.92 Å². The van der Waals surface area contributed by atoms with Gasteiger partial charge in [-0.15, -0.1) is 0 Å². The molecular weight excluding hydrogens is 574 g/mol. The molecular formula is C21H31N7O14. The van der Waals surface area contributed by atoms with Gasteiger partial charge in [0.2, 0.25) is 0 Å². The molecule has 0 spiro atoms. The van der Waals surface area contributed by atoms with Crippen LogP contribution in [0.1, 0.15) is 6.92 Å². The number of hydrogen-bond acceptors (Lipinski definition) is 14. The Morgan fingerprint density at radius 1 is 0.643 bits per heavy atom. The number of carboxylic acids is 1. The molecule has 21 heteroatoms. The highest BCUT2D eigenvalue weighted by Gasteiger charge is 2.45. The number of amides is 6. The molecule has 0 fully saturated rings. The summed E-state index contributed by atoms with van der Waals surface area (Å²) in [7, 11) is 0. The van der Waals surface area contributed by atoms with Crippen LogP contribution in [0.25, 0.3) is 0 Å². The number of rotatable bonds is 14. The number of nitrogens with one attached hydrogen (secondary N) is 1. The number of primary amides is 6. The summed E-state index contributed by atoms with van der Waals surface area (Å²) in [6.45, 7) is -0.237. The summed E-state index contributed by atoms with van der Waals surface area (Å²) in [5.74, 6) is -0.848. The first-order valence-corrected chi connectivity index (χ1v) is 11.3. The third-order valence-electron chi connectivity index (χ3n) is 4.40. The molecule has 0 aliphatic rings. The number of carbonyl (C=O) groups is 7. The minimum Gasteiger partial charge on any atom is -0.480 e. The molecule has 0 aliphatic carbocycles. The number of para-hydroxylation sites is 1. The highest BCUT2D eigenvalue weighted by molar-refractivity contribution is 5.76. The minimum atomic E-state index is -2.01. The first kappa shape index (κ1) is 36.1. The maximum Gasteiger partial charge on any atom is 0.405 e. The Bertz CT molecular complexity index is 1030. The lowest BCUT2D eigenvalue weighted by Gasteiger charge is -2.34. The Hall–Kier alpha value is -5.89. The van der Waals surface area contributed by atoms with Crippen LogP contribution in [0.4, 0.5) is 34.5 Å². The number of ether oxygens (including phenoxy) is 6. The summed E-state index contributed by atoms with van der Waals surface area (Å²) in [6.07, 6.45) is -16.5. The molecule has 0 saturated heterocycles. The molecule has 42 heavy (non-hydrogen) atoms. The Balaban J connectivity index is 0.00000115. The van der Waals surface area contributed by atoms with Crippen LogP contribution in [0, 0.1) is 0 Å². The molecule has 21 nitrogen and oxygen atoms in total. The van der Waals surface area contributed by atoms with E-state index in [2.05, 4.69) is 24.3 Å². The van der Waals surface area contributed by atoms with Crippen molar-refractivity contribution in [1.82, 2.24) is 0 Å². The van der Waals surface area contributed by atoms with E-state index in [9.17, 15) is 33.6 Å². The van der Waals surface area contributed by atoms with E-state index in [0.29, 0.717) is 0 Å². The van der Waals surface area contributed by atoms with Crippen molar-refractivity contribution in [2.24, 2.45) is 34.4 Å². The van der Waals surface area contributed by atoms with Gasteiger partial charge in [-0.3, -0.25) is 4.79 Å². The summed E-state index contributed by atoms with van der Waals surface area (Å²) in [5.41, 5.74) is 30.1. The molecule has 1 unspecified atom stereocenters. The van der Waals surface area contributed by atoms with Crippen LogP contribution in [0.3, 0.4) is 0 Å². The maximum absolute atomic E-state index is 11.3. The van der Waals surface area contributed by atoms with Gasteiger partial charge in [-0.2, -0.15) is 0 Å². The van der Waals surface area contributed by atoms with Crippen LogP contribution in [0.15, 0.2) is 30.3 Å². The first-order chi connectivity index (χ1) is 19.5. The van der Waals surface area contributed by atoms with E-state index >= 15 is 0 Å². The van der Waals surface area contributed by atoms with Gasteiger partial charge in [0.1, 0.15) is 19.3 Å². The van der Waals surface area contributed by atoms with E-state index < -0.39 is 86.2 Å². The van der Waals surface area contributed by atoms with Crippen LogP contribution in [-0.2, 0) is 33.2 Å². The largest absolute Gasteiger partial charge is 0.480 e. The number of aliphatic carboxylic acids is 1. The van der Waals surface area contributed by atoms with Crippen molar-refractivity contribution < 1.29 is 67.1 Å². The minimum absolute atomic E-state index is 0.549. The van der Waals surface area contributed by atoms with Crippen molar-refractivity contribution >= 4 is 48.2 Å². The van der Waals surface area contributed by atoms with Crippen LogP contribution in [0.5, 0.6) is 0 Å². The van der Waals surface area contributed by atoms with Gasteiger partial charge in [-0.05, 0) is 19.1 Å². The van der Waals surface area contributed by atoms with Crippen LogP contribution >= 0.6 is 0 Å². The third kappa shape index (κ3) is 16.2. The van der Waals surface area contributed by atoms with Gasteiger partial charge in [0.05, 0.1) is 0 Å². The fourth-order valence-electron chi connectivity index (χ4n) is 2.84. The van der Waals surface area contributed by atoms with Gasteiger partial charge < -0.3 is 73.2 Å². The van der Waals surface area contributed by atoms with E-state index in [-0.39, 0.29) is 0 Å². The zero-order valence-electron chi connectivity index (χ0n) is 21.9. The summed E-state index contributed by atoms with van der Waals surface area (Å²) in [4.78, 5) is 77.2. The van der Waals surface area contributed by atoms with Gasteiger partial charge in [0.15, 0.2) is 24.4 Å². The van der Waals surface area contributed by atoms with E-state index in [1.807, 2.05) is 30.3 Å². The molecule has 0 radical (unpaired) electrons. The van der Waals surface area contributed by atoms with Gasteiger partial charge >= 0.3 is 42.5 Å². The summed E-state index contributed by atoms with van der Waals surface area (Å²) in [6, 6.07) is 8.72. The van der Waals surface area contributed by atoms with E-state index in [1.165, 1.54) is 0 Å². The lowest BCUT2D eigenvalue weighted by atomic mass is 10.0. The average Bonchev–Trinajstić information content (AvgIpc) is 2.86. The molecule has 6 amide bonds. The fourth-order valence-corrected chi connectivity index (χ4v) is 2.84. The Labute approximate surface area is 236 Å². The predicted octanol–water partition coefficient (Wildman–Crippen LogP) is -1.40. The van der Waals surface area contributed by atoms with Crippen LogP contribution in [-0.4, -0.2) is 91.3 Å². The van der Waals surface area contributed by atoms with Crippen molar-refractivity contribution in [2.75, 3.05) is 18.5 Å². The molecule has 0 aliphatic heterocycles. The zero-order valence-corrected chi connectivity index (χ0v) is 21.9. The SMILES string of the molecule is CC(Nc1ccccc1)C(=O)O.NC(=O)OC[C@@H](OC(N)=O)[C@@H](OC(N)=O)[C@H](OC(N)=O)[C@@H](COC(N)=O)OC(N)=O. The van der Waals surface area contributed by atoms with Crippen LogP contribution < -0.4 is 39.7 Å². The number of benzene rings is 1. The van der Waals surface area contributed by atoms with E-state index in [4.69, 9.17) is 49.0 Å². The van der Waals surface area contributed by atoms with Crippen molar-refractivity contribution in [2.45, 2.75) is 37.4 Å². The van der Waals surface area contributed by atoms with Crippen molar-refractivity contribution in [3.05, 3.63) is 30.3 Å². The van der Waals surface area contributed by atoms with Gasteiger partial charge in [0, 0.05) is 5.69 Å². The molecule has 14 N–H and O–H groups in total. The number of carboxylic acid groups (broad SMARTS) is 1. The molecule has 234 valence electrons. The summed E-state index contributed by atoms with van der Waals surface area (Å²) < 4.78 is 27.6. The lowest BCUT2D eigenvalue weighted by Crippen LogP contribution is -2.56. The van der Waals surface area contributed by atoms with Crippen molar-refractivity contribution in [1.29, 1.82) is 0 Å². The molecule has 1 aromatic rings. The average molecular weight is 606 g/mol. The standard InChI is InChI=1S/C12H20N6O12.C9H11NO2/c13-7(19)25-1-3(27-9(15)21)5(29-11(17)23)6(30-12(18)24)4(28-10(16)22)2-26-8(14)20;1-7(9(11)12)10-8-5-3-2-4-6-8/h3-6H,1-2H2,(H2,13,19)(H2,14,20)(H2,15,21)(H2,16,22)(H2,17,23)(H2,18,24);2-7,10H,1H3,(H,11,12)/t3-,4-,5-,6-;/m1./s1. The van der Waals surface area contributed by atoms with Gasteiger partial charge in [-0.1, -0.05) is 18.2 Å². The number of hydrogen-bond donors (Lipinski definition) is 8. The summed E-state index contributed by atoms with van der Waals surface area (Å²) in [5, 5.41) is 11.4. The Morgan fingerprint density at radius 2 is 1.00 bits per heavy atom. The molecule has 5 atom stereocenters. The normalized spacial score (nSPS) is 13.5. The van der Waals surface area contributed by atoms with Crippen molar-refractivity contribution in [3.8, 4) is 0 Å². The smallest absolute Gasteiger partial charge is 0.405 e. The quantitative estimate of drug-likeness (QED) is 0.113. The third-order valence-corrected chi connectivity index (χ3v) is 4.40. The second-order valence-electron chi connectivity index (χ2n) is 7.58. The maximum atomic E-state index is 11.3. The second-order valence-corrected chi connectivity index (χ2v) is 7.58. The second kappa shape index (κ2) is 18.4. The lowest BCUT2D eigenvalue weighted by molar-refractivity contribution is -0.137. The molecule has 1 aromatic carbocycles. The molecule has 0 saturated carbocycles. The molecule has 1 rings (SSSR count). The number of carbonyl (C=O) groups excluding carboxylic acids is 6. The summed E-state index contributed by atoms with van der Waals surface area (Å²) >= 11 is 0. The number of nitrogens with two attached hydrogens (primary N) is 6. The predicted molar refractivity (Wildman–Crippen MR) is 136 cm³/mol. The molecule has 0 aromatic heterocycles.